The van der Waals surface area contributed by atoms with Crippen LogP contribution < -0.4 is 5.73 Å². The fourth-order valence-corrected chi connectivity index (χ4v) is 2.59. The lowest BCUT2D eigenvalue weighted by Gasteiger charge is -2.28. The van der Waals surface area contributed by atoms with E-state index in [-0.39, 0.29) is 6.04 Å². The van der Waals surface area contributed by atoms with Gasteiger partial charge in [0.15, 0.2) is 0 Å². The van der Waals surface area contributed by atoms with Crippen molar-refractivity contribution in [1.29, 1.82) is 0 Å². The zero-order valence-electron chi connectivity index (χ0n) is 11.0. The summed E-state index contributed by atoms with van der Waals surface area (Å²) in [7, 11) is 0. The molecule has 0 spiro atoms. The van der Waals surface area contributed by atoms with Gasteiger partial charge >= 0.3 is 0 Å². The highest BCUT2D eigenvalue weighted by Crippen LogP contribution is 2.32. The van der Waals surface area contributed by atoms with Gasteiger partial charge in [-0.1, -0.05) is 40.0 Å². The van der Waals surface area contributed by atoms with Gasteiger partial charge in [-0.25, -0.2) is 0 Å². The van der Waals surface area contributed by atoms with Crippen LogP contribution in [0.15, 0.2) is 0 Å². The minimum absolute atomic E-state index is 0.0505. The molecule has 1 aliphatic rings. The van der Waals surface area contributed by atoms with Crippen LogP contribution in [0.2, 0.25) is 0 Å². The molecule has 0 aromatic carbocycles. The Balaban J connectivity index is 2.41. The van der Waals surface area contributed by atoms with E-state index < -0.39 is 0 Å². The zero-order valence-corrected chi connectivity index (χ0v) is 11.0. The molecule has 0 heterocycles. The molecular formula is C14H27NO. The average Bonchev–Trinajstić information content (AvgIpc) is 2.28. The number of Topliss-reactive ketones (excluding diaryl/α,β-unsaturated/α-hetero) is 1. The van der Waals surface area contributed by atoms with Crippen LogP contribution in [-0.4, -0.2) is 11.8 Å². The summed E-state index contributed by atoms with van der Waals surface area (Å²) in [5.74, 6) is 1.91. The van der Waals surface area contributed by atoms with Crippen LogP contribution in [-0.2, 0) is 4.79 Å². The van der Waals surface area contributed by atoms with Gasteiger partial charge in [-0.2, -0.15) is 0 Å². The largest absolute Gasteiger partial charge is 0.327 e. The van der Waals surface area contributed by atoms with Crippen LogP contribution in [0.25, 0.3) is 0 Å². The quantitative estimate of drug-likeness (QED) is 0.781. The van der Waals surface area contributed by atoms with Gasteiger partial charge < -0.3 is 5.73 Å². The number of nitrogens with two attached hydrogens (primary N) is 1. The molecule has 0 saturated heterocycles. The van der Waals surface area contributed by atoms with E-state index in [2.05, 4.69) is 20.8 Å². The Morgan fingerprint density at radius 1 is 1.38 bits per heavy atom. The van der Waals surface area contributed by atoms with Gasteiger partial charge in [0, 0.05) is 18.4 Å². The first-order valence-electron chi connectivity index (χ1n) is 6.82. The highest BCUT2D eigenvalue weighted by atomic mass is 16.1. The summed E-state index contributed by atoms with van der Waals surface area (Å²) in [6, 6.07) is 0.0505. The third-order valence-corrected chi connectivity index (χ3v) is 4.11. The Morgan fingerprint density at radius 3 is 2.62 bits per heavy atom. The zero-order chi connectivity index (χ0) is 12.1. The van der Waals surface area contributed by atoms with Crippen LogP contribution in [0.1, 0.15) is 59.3 Å². The van der Waals surface area contributed by atoms with Gasteiger partial charge in [-0.15, -0.1) is 0 Å². The van der Waals surface area contributed by atoms with Gasteiger partial charge in [-0.05, 0) is 24.7 Å². The number of carbonyl (C=O) groups is 1. The Hall–Kier alpha value is -0.370. The lowest BCUT2D eigenvalue weighted by atomic mass is 9.77. The molecule has 2 nitrogen and oxygen atoms in total. The van der Waals surface area contributed by atoms with Gasteiger partial charge in [-0.3, -0.25) is 4.79 Å². The Labute approximate surface area is 100.0 Å². The molecule has 16 heavy (non-hydrogen) atoms. The van der Waals surface area contributed by atoms with Crippen LogP contribution in [0.4, 0.5) is 0 Å². The molecule has 0 amide bonds. The van der Waals surface area contributed by atoms with Crippen molar-refractivity contribution < 1.29 is 4.79 Å². The maximum atomic E-state index is 12.1. The number of carbonyl (C=O) groups excluding carboxylic acids is 1. The van der Waals surface area contributed by atoms with Crippen molar-refractivity contribution in [2.45, 2.75) is 65.3 Å². The molecule has 1 rings (SSSR count). The van der Waals surface area contributed by atoms with Gasteiger partial charge in [0.2, 0.25) is 0 Å². The van der Waals surface area contributed by atoms with Crippen LogP contribution in [0.5, 0.6) is 0 Å². The van der Waals surface area contributed by atoms with E-state index in [1.54, 1.807) is 0 Å². The average molecular weight is 225 g/mol. The Morgan fingerprint density at radius 2 is 2.06 bits per heavy atom. The SMILES string of the molecule is CCC1CCCC(C(=O)CC(N)C(C)C)C1. The topological polar surface area (TPSA) is 43.1 Å². The third-order valence-electron chi connectivity index (χ3n) is 4.11. The third kappa shape index (κ3) is 3.89. The summed E-state index contributed by atoms with van der Waals surface area (Å²) in [6.07, 6.45) is 6.56. The molecule has 94 valence electrons. The first-order valence-corrected chi connectivity index (χ1v) is 6.82. The van der Waals surface area contributed by atoms with Crippen LogP contribution >= 0.6 is 0 Å². The molecule has 0 aromatic rings. The first kappa shape index (κ1) is 13.7. The van der Waals surface area contributed by atoms with E-state index in [1.165, 1.54) is 19.3 Å². The molecular weight excluding hydrogens is 198 g/mol. The Kier molecular flexibility index (Phi) is 5.47. The van der Waals surface area contributed by atoms with E-state index in [0.29, 0.717) is 24.0 Å². The predicted octanol–water partition coefficient (Wildman–Crippen LogP) is 3.15. The highest BCUT2D eigenvalue weighted by Gasteiger charge is 2.27. The maximum absolute atomic E-state index is 12.1. The van der Waals surface area contributed by atoms with Crippen molar-refractivity contribution in [1.82, 2.24) is 0 Å². The van der Waals surface area contributed by atoms with E-state index in [9.17, 15) is 4.79 Å². The van der Waals surface area contributed by atoms with Crippen molar-refractivity contribution in [2.24, 2.45) is 23.5 Å². The monoisotopic (exact) mass is 225 g/mol. The summed E-state index contributed by atoms with van der Waals surface area (Å²) >= 11 is 0. The highest BCUT2D eigenvalue weighted by molar-refractivity contribution is 5.81. The molecule has 3 atom stereocenters. The van der Waals surface area contributed by atoms with E-state index in [0.717, 1.165) is 18.8 Å². The Bertz CT molecular complexity index is 225. The van der Waals surface area contributed by atoms with Crippen molar-refractivity contribution in [2.75, 3.05) is 0 Å². The number of hydrogen-bond acceptors (Lipinski definition) is 2. The summed E-state index contributed by atoms with van der Waals surface area (Å²) in [5, 5.41) is 0. The molecule has 0 radical (unpaired) electrons. The smallest absolute Gasteiger partial charge is 0.137 e. The molecule has 2 N–H and O–H groups in total. The van der Waals surface area contributed by atoms with Gasteiger partial charge in [0.1, 0.15) is 5.78 Å². The predicted molar refractivity (Wildman–Crippen MR) is 68.2 cm³/mol. The van der Waals surface area contributed by atoms with Crippen molar-refractivity contribution in [3.8, 4) is 0 Å². The van der Waals surface area contributed by atoms with Crippen LogP contribution in [0, 0.1) is 17.8 Å². The fourth-order valence-electron chi connectivity index (χ4n) is 2.59. The molecule has 2 heteroatoms. The van der Waals surface area contributed by atoms with E-state index >= 15 is 0 Å². The molecule has 0 aliphatic heterocycles. The van der Waals surface area contributed by atoms with Crippen molar-refractivity contribution >= 4 is 5.78 Å². The molecule has 1 saturated carbocycles. The summed E-state index contributed by atoms with van der Waals surface area (Å²) in [4.78, 5) is 12.1. The maximum Gasteiger partial charge on any atom is 0.137 e. The van der Waals surface area contributed by atoms with Crippen LogP contribution in [0.3, 0.4) is 0 Å². The van der Waals surface area contributed by atoms with Gasteiger partial charge in [0.25, 0.3) is 0 Å². The van der Waals surface area contributed by atoms with E-state index in [4.69, 9.17) is 5.73 Å². The normalized spacial score (nSPS) is 28.1. The minimum Gasteiger partial charge on any atom is -0.327 e. The summed E-state index contributed by atoms with van der Waals surface area (Å²) < 4.78 is 0. The lowest BCUT2D eigenvalue weighted by molar-refractivity contribution is -0.124. The molecule has 1 aliphatic carbocycles. The molecule has 0 bridgehead atoms. The van der Waals surface area contributed by atoms with E-state index in [1.807, 2.05) is 0 Å². The summed E-state index contributed by atoms with van der Waals surface area (Å²) in [5.41, 5.74) is 5.97. The summed E-state index contributed by atoms with van der Waals surface area (Å²) in [6.45, 7) is 6.42. The first-order chi connectivity index (χ1) is 7.54. The lowest BCUT2D eigenvalue weighted by Crippen LogP contribution is -2.33. The minimum atomic E-state index is 0.0505. The second kappa shape index (κ2) is 6.39. The van der Waals surface area contributed by atoms with Crippen molar-refractivity contribution in [3.05, 3.63) is 0 Å². The number of rotatable bonds is 5. The number of ketones is 1. The molecule has 3 unspecified atom stereocenters. The standard InChI is InChI=1S/C14H27NO/c1-4-11-6-5-7-12(8-11)14(16)9-13(15)10(2)3/h10-13H,4-9,15H2,1-3H3. The van der Waals surface area contributed by atoms with Gasteiger partial charge in [0.05, 0.1) is 0 Å². The molecule has 1 fully saturated rings. The second-order valence-electron chi connectivity index (χ2n) is 5.72. The fraction of sp³-hybridized carbons (Fsp3) is 0.929. The molecule has 0 aromatic heterocycles. The number of hydrogen-bond donors (Lipinski definition) is 1. The van der Waals surface area contributed by atoms with Crippen molar-refractivity contribution in [3.63, 3.8) is 0 Å². The second-order valence-corrected chi connectivity index (χ2v) is 5.72.